The Morgan fingerprint density at radius 1 is 1.32 bits per heavy atom. The molecule has 0 unspecified atom stereocenters. The van der Waals surface area contributed by atoms with Crippen LogP contribution < -0.4 is 4.74 Å². The van der Waals surface area contributed by atoms with Gasteiger partial charge in [-0.05, 0) is 65.3 Å². The number of oxazole rings is 1. The number of carbonyl (C=O) groups excluding carboxylic acids is 1. The number of benzene rings is 1. The number of aromatic nitrogens is 5. The third-order valence-electron chi connectivity index (χ3n) is 5.99. The summed E-state index contributed by atoms with van der Waals surface area (Å²) in [6.07, 6.45) is 5.51. The van der Waals surface area contributed by atoms with E-state index in [0.717, 1.165) is 28.1 Å². The van der Waals surface area contributed by atoms with E-state index in [1.54, 1.807) is 41.1 Å². The molecule has 1 N–H and O–H groups in total. The molecule has 11 heteroatoms. The molecule has 37 heavy (non-hydrogen) atoms. The largest absolute Gasteiger partial charge is 0.486 e. The van der Waals surface area contributed by atoms with Gasteiger partial charge in [0.2, 0.25) is 17.6 Å². The minimum atomic E-state index is -0.0724. The van der Waals surface area contributed by atoms with Gasteiger partial charge in [-0.15, -0.1) is 22.0 Å². The highest BCUT2D eigenvalue weighted by molar-refractivity contribution is 7.99. The van der Waals surface area contributed by atoms with Gasteiger partial charge in [0.1, 0.15) is 29.6 Å². The average molecular weight is 521 g/mol. The van der Waals surface area contributed by atoms with Gasteiger partial charge in [-0.1, -0.05) is 13.8 Å². The summed E-state index contributed by atoms with van der Waals surface area (Å²) in [7, 11) is 0. The van der Waals surface area contributed by atoms with Crippen molar-refractivity contribution in [2.45, 2.75) is 51.3 Å². The Morgan fingerprint density at radius 3 is 2.97 bits per heavy atom. The molecule has 4 heterocycles. The second-order valence-corrected chi connectivity index (χ2v) is 10.5. The van der Waals surface area contributed by atoms with Crippen molar-refractivity contribution >= 4 is 23.7 Å². The Morgan fingerprint density at radius 2 is 2.22 bits per heavy atom. The molecule has 0 radical (unpaired) electrons. The van der Waals surface area contributed by atoms with Gasteiger partial charge in [-0.25, -0.2) is 4.98 Å². The van der Waals surface area contributed by atoms with Crippen LogP contribution in [0.1, 0.15) is 48.1 Å². The standard InChI is InChI=1S/C26H28N6O4S/c1-16(2)37-15-24-27-22(17(3)36-24)14-35-23-12-19-13-32(25(33)7-6-20-5-4-10-34-20)9-8-18(19)11-21(23)26-28-30-31-29-26/h4-7,10-12,16H,8-9,13-15H2,1-3H3,(H,28,29,30,31)/b7-6+. The first-order chi connectivity index (χ1) is 18.0. The number of hydrogen-bond acceptors (Lipinski definition) is 9. The fourth-order valence-electron chi connectivity index (χ4n) is 4.06. The SMILES string of the molecule is Cc1oc(CSC(C)C)nc1COc1cc2c(cc1-c1nn[nH]n1)CCN(C(=O)/C=C/c1ccco1)C2. The summed E-state index contributed by atoms with van der Waals surface area (Å²) in [5.41, 5.74) is 3.62. The summed E-state index contributed by atoms with van der Waals surface area (Å²) in [6, 6.07) is 7.58. The molecule has 0 aliphatic carbocycles. The zero-order valence-corrected chi connectivity index (χ0v) is 21.7. The highest BCUT2D eigenvalue weighted by Crippen LogP contribution is 2.34. The average Bonchev–Trinajstić information content (AvgIpc) is 3.67. The Hall–Kier alpha value is -3.86. The number of tetrazole rings is 1. The number of aromatic amines is 1. The van der Waals surface area contributed by atoms with E-state index in [0.29, 0.717) is 53.7 Å². The number of nitrogens with zero attached hydrogens (tertiary/aromatic N) is 5. The predicted octanol–water partition coefficient (Wildman–Crippen LogP) is 4.57. The number of aryl methyl sites for hydroxylation is 1. The summed E-state index contributed by atoms with van der Waals surface area (Å²) >= 11 is 1.78. The van der Waals surface area contributed by atoms with Crippen molar-refractivity contribution in [1.82, 2.24) is 30.5 Å². The molecule has 1 aliphatic rings. The van der Waals surface area contributed by atoms with Crippen LogP contribution in [0, 0.1) is 6.92 Å². The summed E-state index contributed by atoms with van der Waals surface area (Å²) in [5, 5.41) is 15.0. The Bertz CT molecular complexity index is 1380. The van der Waals surface area contributed by atoms with Crippen molar-refractivity contribution in [1.29, 1.82) is 0 Å². The number of amides is 1. The predicted molar refractivity (Wildman–Crippen MR) is 138 cm³/mol. The van der Waals surface area contributed by atoms with E-state index in [-0.39, 0.29) is 12.5 Å². The van der Waals surface area contributed by atoms with Crippen LogP contribution in [-0.2, 0) is 30.1 Å². The van der Waals surface area contributed by atoms with Crippen LogP contribution in [0.25, 0.3) is 17.5 Å². The summed E-state index contributed by atoms with van der Waals surface area (Å²) in [5.74, 6) is 3.75. The molecule has 4 aromatic rings. The third kappa shape index (κ3) is 5.93. The van der Waals surface area contributed by atoms with E-state index in [1.165, 1.54) is 6.08 Å². The van der Waals surface area contributed by atoms with Gasteiger partial charge in [-0.2, -0.15) is 5.21 Å². The Labute approximate surface area is 218 Å². The number of carbonyl (C=O) groups is 1. The van der Waals surface area contributed by atoms with E-state index in [4.69, 9.17) is 13.6 Å². The molecule has 1 aliphatic heterocycles. The number of H-pyrrole nitrogens is 1. The molecule has 5 rings (SSSR count). The van der Waals surface area contributed by atoms with Gasteiger partial charge >= 0.3 is 0 Å². The molecule has 1 aromatic carbocycles. The lowest BCUT2D eigenvalue weighted by molar-refractivity contribution is -0.126. The van der Waals surface area contributed by atoms with Crippen molar-refractivity contribution in [3.8, 4) is 17.1 Å². The lowest BCUT2D eigenvalue weighted by Gasteiger charge is -2.29. The molecule has 10 nitrogen and oxygen atoms in total. The Kier molecular flexibility index (Phi) is 7.40. The van der Waals surface area contributed by atoms with Crippen LogP contribution in [0.2, 0.25) is 0 Å². The fourth-order valence-corrected chi connectivity index (χ4v) is 4.66. The van der Waals surface area contributed by atoms with Crippen LogP contribution >= 0.6 is 11.8 Å². The monoisotopic (exact) mass is 520 g/mol. The maximum absolute atomic E-state index is 12.8. The summed E-state index contributed by atoms with van der Waals surface area (Å²) in [6.45, 7) is 7.49. The van der Waals surface area contributed by atoms with Crippen LogP contribution in [0.15, 0.2) is 45.4 Å². The first-order valence-corrected chi connectivity index (χ1v) is 13.1. The molecule has 0 saturated carbocycles. The second-order valence-electron chi connectivity index (χ2n) is 8.97. The van der Waals surface area contributed by atoms with Crippen LogP contribution in [0.5, 0.6) is 5.75 Å². The number of fused-ring (bicyclic) bond motifs is 1. The molecule has 0 saturated heterocycles. The lowest BCUT2D eigenvalue weighted by atomic mass is 9.96. The fraction of sp³-hybridized carbons (Fsp3) is 0.346. The van der Waals surface area contributed by atoms with E-state index in [1.807, 2.05) is 19.1 Å². The van der Waals surface area contributed by atoms with E-state index in [9.17, 15) is 4.79 Å². The quantitative estimate of drug-likeness (QED) is 0.316. The number of nitrogens with one attached hydrogen (secondary N) is 1. The first kappa shape index (κ1) is 24.8. The summed E-state index contributed by atoms with van der Waals surface area (Å²) < 4.78 is 17.4. The van der Waals surface area contributed by atoms with Crippen LogP contribution in [-0.4, -0.2) is 48.2 Å². The normalized spacial score (nSPS) is 13.5. The van der Waals surface area contributed by atoms with Gasteiger partial charge in [0, 0.05) is 19.2 Å². The molecular weight excluding hydrogens is 492 g/mol. The van der Waals surface area contributed by atoms with Crippen LogP contribution in [0.4, 0.5) is 0 Å². The molecule has 0 atom stereocenters. The van der Waals surface area contributed by atoms with Crippen molar-refractivity contribution in [3.05, 3.63) is 70.8 Å². The molecule has 1 amide bonds. The van der Waals surface area contributed by atoms with E-state index < -0.39 is 0 Å². The van der Waals surface area contributed by atoms with Gasteiger partial charge < -0.3 is 18.5 Å². The van der Waals surface area contributed by atoms with Crippen molar-refractivity contribution in [2.24, 2.45) is 0 Å². The van der Waals surface area contributed by atoms with Crippen molar-refractivity contribution in [2.75, 3.05) is 6.54 Å². The van der Waals surface area contributed by atoms with Crippen molar-refractivity contribution < 1.29 is 18.4 Å². The number of hydrogen-bond donors (Lipinski definition) is 1. The van der Waals surface area contributed by atoms with Gasteiger partial charge in [0.25, 0.3) is 0 Å². The van der Waals surface area contributed by atoms with Gasteiger partial charge in [0.15, 0.2) is 0 Å². The smallest absolute Gasteiger partial charge is 0.246 e. The number of rotatable bonds is 9. The van der Waals surface area contributed by atoms with E-state index in [2.05, 4.69) is 39.5 Å². The molecule has 0 bridgehead atoms. The van der Waals surface area contributed by atoms with Crippen molar-refractivity contribution in [3.63, 3.8) is 0 Å². The number of furan rings is 1. The maximum Gasteiger partial charge on any atom is 0.246 e. The van der Waals surface area contributed by atoms with Gasteiger partial charge in [0.05, 0.1) is 17.6 Å². The zero-order chi connectivity index (χ0) is 25.8. The molecule has 0 fully saturated rings. The second kappa shape index (κ2) is 11.0. The number of ether oxygens (including phenoxy) is 1. The maximum atomic E-state index is 12.8. The summed E-state index contributed by atoms with van der Waals surface area (Å²) in [4.78, 5) is 19.2. The molecule has 192 valence electrons. The minimum Gasteiger partial charge on any atom is -0.486 e. The Balaban J connectivity index is 1.35. The topological polar surface area (TPSA) is 123 Å². The zero-order valence-electron chi connectivity index (χ0n) is 20.9. The highest BCUT2D eigenvalue weighted by Gasteiger charge is 2.23. The first-order valence-electron chi connectivity index (χ1n) is 12.1. The molecular formula is C26H28N6O4S. The van der Waals surface area contributed by atoms with Gasteiger partial charge in [-0.3, -0.25) is 4.79 Å². The van der Waals surface area contributed by atoms with Crippen LogP contribution in [0.3, 0.4) is 0 Å². The van der Waals surface area contributed by atoms with E-state index >= 15 is 0 Å². The number of thioether (sulfide) groups is 1. The third-order valence-corrected chi connectivity index (χ3v) is 7.07. The minimum absolute atomic E-state index is 0.0724. The molecule has 3 aromatic heterocycles. The highest BCUT2D eigenvalue weighted by atomic mass is 32.2. The molecule has 0 spiro atoms. The lowest BCUT2D eigenvalue weighted by Crippen LogP contribution is -2.34.